The molecule has 9 heteroatoms. The average Bonchev–Trinajstić information content (AvgIpc) is 2.79. The molecule has 0 aliphatic heterocycles. The van der Waals surface area contributed by atoms with Gasteiger partial charge in [0.2, 0.25) is 0 Å². The zero-order valence-corrected chi connectivity index (χ0v) is 19.7. The highest BCUT2D eigenvalue weighted by Gasteiger charge is 2.14. The van der Waals surface area contributed by atoms with Crippen molar-refractivity contribution < 1.29 is 19.2 Å². The van der Waals surface area contributed by atoms with Gasteiger partial charge >= 0.3 is 0 Å². The van der Waals surface area contributed by atoms with Crippen LogP contribution in [0, 0.1) is 17.0 Å². The van der Waals surface area contributed by atoms with E-state index < -0.39 is 4.92 Å². The van der Waals surface area contributed by atoms with Gasteiger partial charge in [0.25, 0.3) is 11.6 Å². The van der Waals surface area contributed by atoms with E-state index >= 15 is 0 Å². The number of non-ortho nitro benzene ring substituents is 1. The van der Waals surface area contributed by atoms with Crippen LogP contribution in [0.3, 0.4) is 0 Å². The first-order chi connectivity index (χ1) is 15.9. The molecule has 0 saturated carbocycles. The lowest BCUT2D eigenvalue weighted by Crippen LogP contribution is -2.20. The van der Waals surface area contributed by atoms with Crippen molar-refractivity contribution in [3.63, 3.8) is 0 Å². The number of rotatable bonds is 9. The summed E-state index contributed by atoms with van der Waals surface area (Å²) < 4.78 is 12.0. The van der Waals surface area contributed by atoms with E-state index in [1.807, 2.05) is 38.1 Å². The number of anilines is 1. The number of carbonyl (C=O) groups excluding carboxylic acids is 1. The second kappa shape index (κ2) is 11.2. The molecule has 0 spiro atoms. The Balaban J connectivity index is 1.71. The molecular weight excluding hydrogens is 490 g/mol. The Morgan fingerprint density at radius 3 is 2.45 bits per heavy atom. The Morgan fingerprint density at radius 2 is 1.82 bits per heavy atom. The van der Waals surface area contributed by atoms with Crippen molar-refractivity contribution >= 4 is 45.1 Å². The van der Waals surface area contributed by atoms with E-state index in [1.165, 1.54) is 12.1 Å². The number of amides is 1. The molecule has 33 heavy (non-hydrogen) atoms. The molecule has 170 valence electrons. The van der Waals surface area contributed by atoms with Crippen LogP contribution in [0.2, 0.25) is 0 Å². The number of nitrogens with one attached hydrogen (secondary N) is 1. The van der Waals surface area contributed by atoms with Crippen molar-refractivity contribution in [2.75, 3.05) is 18.5 Å². The number of hydrogen-bond donors (Lipinski definition) is 1. The van der Waals surface area contributed by atoms with Gasteiger partial charge in [-0.1, -0.05) is 17.7 Å². The number of halogens is 1. The zero-order valence-electron chi connectivity index (χ0n) is 18.1. The summed E-state index contributed by atoms with van der Waals surface area (Å²) in [7, 11) is 0. The smallest absolute Gasteiger partial charge is 0.269 e. The molecule has 0 unspecified atom stereocenters. The summed E-state index contributed by atoms with van der Waals surface area (Å²) in [5.41, 5.74) is 3.09. The van der Waals surface area contributed by atoms with E-state index in [4.69, 9.17) is 9.47 Å². The van der Waals surface area contributed by atoms with Crippen LogP contribution in [0.15, 0.2) is 70.1 Å². The van der Waals surface area contributed by atoms with Gasteiger partial charge in [0.15, 0.2) is 18.1 Å². The molecule has 0 aliphatic rings. The van der Waals surface area contributed by atoms with Gasteiger partial charge in [-0.3, -0.25) is 19.9 Å². The Hall–Kier alpha value is -3.72. The molecule has 1 N–H and O–H groups in total. The van der Waals surface area contributed by atoms with Gasteiger partial charge in [-0.05, 0) is 71.7 Å². The largest absolute Gasteiger partial charge is 0.490 e. The van der Waals surface area contributed by atoms with Crippen LogP contribution in [-0.4, -0.2) is 30.3 Å². The van der Waals surface area contributed by atoms with Crippen LogP contribution in [0.25, 0.3) is 0 Å². The highest BCUT2D eigenvalue weighted by Crippen LogP contribution is 2.36. The van der Waals surface area contributed by atoms with Crippen LogP contribution in [-0.2, 0) is 4.79 Å². The fourth-order valence-electron chi connectivity index (χ4n) is 2.85. The lowest BCUT2D eigenvalue weighted by atomic mass is 10.2. The van der Waals surface area contributed by atoms with E-state index in [1.54, 1.807) is 30.5 Å². The molecule has 0 radical (unpaired) electrons. The third kappa shape index (κ3) is 6.88. The van der Waals surface area contributed by atoms with Crippen LogP contribution >= 0.6 is 15.9 Å². The number of hydrogen-bond acceptors (Lipinski definition) is 6. The Labute approximate surface area is 199 Å². The van der Waals surface area contributed by atoms with Crippen molar-refractivity contribution in [2.45, 2.75) is 13.8 Å². The minimum atomic E-state index is -0.460. The maximum absolute atomic E-state index is 12.3. The Bertz CT molecular complexity index is 1160. The van der Waals surface area contributed by atoms with Crippen molar-refractivity contribution in [1.82, 2.24) is 0 Å². The number of nitro benzene ring substituents is 1. The first kappa shape index (κ1) is 23.9. The second-order valence-corrected chi connectivity index (χ2v) is 7.85. The molecule has 0 bridgehead atoms. The molecule has 8 nitrogen and oxygen atoms in total. The maximum Gasteiger partial charge on any atom is 0.269 e. The van der Waals surface area contributed by atoms with Gasteiger partial charge in [-0.2, -0.15) is 0 Å². The minimum Gasteiger partial charge on any atom is -0.490 e. The van der Waals surface area contributed by atoms with Crippen molar-refractivity contribution in [1.29, 1.82) is 0 Å². The van der Waals surface area contributed by atoms with Crippen LogP contribution in [0.5, 0.6) is 11.5 Å². The first-order valence-electron chi connectivity index (χ1n) is 10.1. The van der Waals surface area contributed by atoms with Gasteiger partial charge in [-0.15, -0.1) is 0 Å². The molecular formula is C24H22BrN3O5. The Kier molecular flexibility index (Phi) is 8.15. The molecule has 3 rings (SSSR count). The van der Waals surface area contributed by atoms with E-state index in [2.05, 4.69) is 26.2 Å². The summed E-state index contributed by atoms with van der Waals surface area (Å²) in [5, 5.41) is 13.6. The maximum atomic E-state index is 12.3. The van der Waals surface area contributed by atoms with Gasteiger partial charge in [-0.25, -0.2) is 0 Å². The van der Waals surface area contributed by atoms with E-state index in [0.29, 0.717) is 34.0 Å². The quantitative estimate of drug-likeness (QED) is 0.221. The predicted octanol–water partition coefficient (Wildman–Crippen LogP) is 5.83. The molecule has 0 aromatic heterocycles. The Morgan fingerprint density at radius 1 is 1.12 bits per heavy atom. The number of ether oxygens (including phenoxy) is 2. The third-order valence-corrected chi connectivity index (χ3v) is 5.03. The molecule has 0 atom stereocenters. The summed E-state index contributed by atoms with van der Waals surface area (Å²) in [6.07, 6.45) is 1.61. The summed E-state index contributed by atoms with van der Waals surface area (Å²) in [5.74, 6) is 0.570. The number of benzene rings is 3. The summed E-state index contributed by atoms with van der Waals surface area (Å²) >= 11 is 3.47. The van der Waals surface area contributed by atoms with Gasteiger partial charge < -0.3 is 14.8 Å². The SMILES string of the molecule is CCOc1cc(C=Nc2ccc([N+](=O)[O-])cc2)cc(Br)c1OCC(=O)Nc1ccc(C)cc1. The number of carbonyl (C=O) groups is 1. The van der Waals surface area contributed by atoms with Gasteiger partial charge in [0.1, 0.15) is 0 Å². The van der Waals surface area contributed by atoms with E-state index in [-0.39, 0.29) is 18.2 Å². The number of aliphatic imine (C=N–C) groups is 1. The summed E-state index contributed by atoms with van der Waals surface area (Å²) in [6.45, 7) is 4.03. The zero-order chi connectivity index (χ0) is 23.8. The van der Waals surface area contributed by atoms with Crippen LogP contribution in [0.4, 0.5) is 17.1 Å². The molecule has 1 amide bonds. The second-order valence-electron chi connectivity index (χ2n) is 7.00. The van der Waals surface area contributed by atoms with Crippen LogP contribution < -0.4 is 14.8 Å². The molecule has 3 aromatic carbocycles. The lowest BCUT2D eigenvalue weighted by Gasteiger charge is -2.14. The monoisotopic (exact) mass is 511 g/mol. The van der Waals surface area contributed by atoms with Crippen molar-refractivity contribution in [3.8, 4) is 11.5 Å². The predicted molar refractivity (Wildman–Crippen MR) is 131 cm³/mol. The topological polar surface area (TPSA) is 103 Å². The van der Waals surface area contributed by atoms with E-state index in [0.717, 1.165) is 11.1 Å². The lowest BCUT2D eigenvalue weighted by molar-refractivity contribution is -0.384. The molecule has 0 heterocycles. The van der Waals surface area contributed by atoms with Gasteiger partial charge in [0, 0.05) is 24.0 Å². The standard InChI is InChI=1S/C24H22BrN3O5/c1-3-32-22-13-17(14-26-18-8-10-20(11-9-18)28(30)31)12-21(25)24(22)33-15-23(29)27-19-6-4-16(2)5-7-19/h4-14H,3,15H2,1-2H3,(H,27,29). The molecule has 0 saturated heterocycles. The average molecular weight is 512 g/mol. The van der Waals surface area contributed by atoms with Crippen LogP contribution in [0.1, 0.15) is 18.1 Å². The van der Waals surface area contributed by atoms with E-state index in [9.17, 15) is 14.9 Å². The fraction of sp³-hybridized carbons (Fsp3) is 0.167. The molecule has 0 fully saturated rings. The highest BCUT2D eigenvalue weighted by molar-refractivity contribution is 9.10. The number of nitrogens with zero attached hydrogens (tertiary/aromatic N) is 2. The van der Waals surface area contributed by atoms with Crippen molar-refractivity contribution in [3.05, 3.63) is 86.4 Å². The summed E-state index contributed by atoms with van der Waals surface area (Å²) in [6, 6.07) is 16.9. The van der Waals surface area contributed by atoms with Gasteiger partial charge in [0.05, 0.1) is 21.7 Å². The number of aryl methyl sites for hydroxylation is 1. The number of nitro groups is 1. The first-order valence-corrected chi connectivity index (χ1v) is 10.9. The molecule has 0 aliphatic carbocycles. The molecule has 3 aromatic rings. The normalized spacial score (nSPS) is 10.8. The summed E-state index contributed by atoms with van der Waals surface area (Å²) in [4.78, 5) is 26.9. The van der Waals surface area contributed by atoms with Crippen molar-refractivity contribution in [2.24, 2.45) is 4.99 Å². The fourth-order valence-corrected chi connectivity index (χ4v) is 3.42. The minimum absolute atomic E-state index is 0.00300. The third-order valence-electron chi connectivity index (χ3n) is 4.44. The highest BCUT2D eigenvalue weighted by atomic mass is 79.9.